The molecular weight excluding hydrogens is 217 g/mol. The van der Waals surface area contributed by atoms with Crippen molar-refractivity contribution in [1.29, 1.82) is 0 Å². The molecule has 1 rings (SSSR count). The molecule has 0 heterocycles. The maximum Gasteiger partial charge on any atom is 0.126 e. The molecule has 0 aliphatic rings. The molecule has 17 heavy (non-hydrogen) atoms. The van der Waals surface area contributed by atoms with E-state index >= 15 is 0 Å². The van der Waals surface area contributed by atoms with Crippen molar-refractivity contribution in [2.24, 2.45) is 0 Å². The molecule has 0 aliphatic heterocycles. The fraction of sp³-hybridized carbons (Fsp3) is 0.571. The van der Waals surface area contributed by atoms with Crippen LogP contribution in [0.15, 0.2) is 18.2 Å². The van der Waals surface area contributed by atoms with Crippen LogP contribution in [-0.4, -0.2) is 20.3 Å². The molecule has 1 aromatic rings. The SMILES string of the molecule is CCNC(CCCOC)c1ccc(F)c(C)c1. The van der Waals surface area contributed by atoms with Gasteiger partial charge in [-0.25, -0.2) is 4.39 Å². The van der Waals surface area contributed by atoms with Crippen LogP contribution >= 0.6 is 0 Å². The summed E-state index contributed by atoms with van der Waals surface area (Å²) in [6.45, 7) is 5.56. The fourth-order valence-electron chi connectivity index (χ4n) is 1.95. The Kier molecular flexibility index (Phi) is 6.16. The lowest BCUT2D eigenvalue weighted by molar-refractivity contribution is 0.189. The Labute approximate surface area is 103 Å². The monoisotopic (exact) mass is 239 g/mol. The molecule has 0 bridgehead atoms. The van der Waals surface area contributed by atoms with E-state index in [4.69, 9.17) is 4.74 Å². The van der Waals surface area contributed by atoms with E-state index in [1.165, 1.54) is 0 Å². The second-order valence-electron chi connectivity index (χ2n) is 4.25. The topological polar surface area (TPSA) is 21.3 Å². The maximum atomic E-state index is 13.2. The molecule has 1 aromatic carbocycles. The van der Waals surface area contributed by atoms with Gasteiger partial charge in [0.1, 0.15) is 5.82 Å². The average Bonchev–Trinajstić information content (AvgIpc) is 2.32. The Morgan fingerprint density at radius 2 is 2.18 bits per heavy atom. The Bertz CT molecular complexity index is 341. The maximum absolute atomic E-state index is 13.2. The van der Waals surface area contributed by atoms with Crippen molar-refractivity contribution in [3.8, 4) is 0 Å². The van der Waals surface area contributed by atoms with E-state index in [1.807, 2.05) is 12.1 Å². The standard InChI is InChI=1S/C14H22FNO/c1-4-16-14(6-5-9-17-3)12-7-8-13(15)11(2)10-12/h7-8,10,14,16H,4-6,9H2,1-3H3. The second kappa shape index (κ2) is 7.41. The van der Waals surface area contributed by atoms with Gasteiger partial charge >= 0.3 is 0 Å². The van der Waals surface area contributed by atoms with Gasteiger partial charge in [-0.15, -0.1) is 0 Å². The van der Waals surface area contributed by atoms with Gasteiger partial charge in [0.25, 0.3) is 0 Å². The van der Waals surface area contributed by atoms with Crippen molar-refractivity contribution < 1.29 is 9.13 Å². The molecule has 1 unspecified atom stereocenters. The van der Waals surface area contributed by atoms with E-state index in [0.29, 0.717) is 5.56 Å². The third-order valence-electron chi connectivity index (χ3n) is 2.88. The summed E-state index contributed by atoms with van der Waals surface area (Å²) in [5, 5.41) is 3.43. The first-order chi connectivity index (χ1) is 8.19. The number of nitrogens with one attached hydrogen (secondary N) is 1. The van der Waals surface area contributed by atoms with E-state index in [2.05, 4.69) is 12.2 Å². The highest BCUT2D eigenvalue weighted by Gasteiger charge is 2.11. The van der Waals surface area contributed by atoms with Gasteiger partial charge in [-0.1, -0.05) is 19.1 Å². The number of halogens is 1. The minimum Gasteiger partial charge on any atom is -0.385 e. The summed E-state index contributed by atoms with van der Waals surface area (Å²) in [5.74, 6) is -0.138. The highest BCUT2D eigenvalue weighted by molar-refractivity contribution is 5.26. The van der Waals surface area contributed by atoms with Crippen LogP contribution in [0.1, 0.15) is 36.9 Å². The van der Waals surface area contributed by atoms with Gasteiger partial charge in [-0.3, -0.25) is 0 Å². The summed E-state index contributed by atoms with van der Waals surface area (Å²) in [7, 11) is 1.71. The molecule has 0 fully saturated rings. The normalized spacial score (nSPS) is 12.7. The molecule has 0 aromatic heterocycles. The van der Waals surface area contributed by atoms with Crippen LogP contribution < -0.4 is 5.32 Å². The van der Waals surface area contributed by atoms with Gasteiger partial charge in [0.05, 0.1) is 0 Å². The highest BCUT2D eigenvalue weighted by Crippen LogP contribution is 2.20. The summed E-state index contributed by atoms with van der Waals surface area (Å²) in [6, 6.07) is 5.62. The molecule has 0 aliphatic carbocycles. The predicted octanol–water partition coefficient (Wildman–Crippen LogP) is 3.21. The number of ether oxygens (including phenoxy) is 1. The van der Waals surface area contributed by atoms with Crippen molar-refractivity contribution in [2.75, 3.05) is 20.3 Å². The minimum absolute atomic E-state index is 0.138. The van der Waals surface area contributed by atoms with Crippen molar-refractivity contribution in [3.63, 3.8) is 0 Å². The molecule has 96 valence electrons. The quantitative estimate of drug-likeness (QED) is 0.738. The average molecular weight is 239 g/mol. The third kappa shape index (κ3) is 4.44. The predicted molar refractivity (Wildman–Crippen MR) is 68.7 cm³/mol. The van der Waals surface area contributed by atoms with E-state index in [0.717, 1.165) is 31.6 Å². The third-order valence-corrected chi connectivity index (χ3v) is 2.88. The molecule has 1 N–H and O–H groups in total. The number of rotatable bonds is 7. The molecule has 3 heteroatoms. The highest BCUT2D eigenvalue weighted by atomic mass is 19.1. The summed E-state index contributed by atoms with van der Waals surface area (Å²) in [5.41, 5.74) is 1.86. The van der Waals surface area contributed by atoms with Crippen LogP contribution in [0.5, 0.6) is 0 Å². The molecule has 0 radical (unpaired) electrons. The molecule has 0 amide bonds. The Morgan fingerprint density at radius 3 is 2.76 bits per heavy atom. The first-order valence-corrected chi connectivity index (χ1v) is 6.17. The zero-order valence-corrected chi connectivity index (χ0v) is 10.9. The van der Waals surface area contributed by atoms with Gasteiger partial charge in [-0.05, 0) is 43.5 Å². The molecule has 1 atom stereocenters. The first kappa shape index (κ1) is 14.1. The Balaban J connectivity index is 2.70. The van der Waals surface area contributed by atoms with Crippen LogP contribution in [0.3, 0.4) is 0 Å². The van der Waals surface area contributed by atoms with Crippen LogP contribution in [0, 0.1) is 12.7 Å². The molecule has 0 spiro atoms. The minimum atomic E-state index is -0.138. The zero-order valence-electron chi connectivity index (χ0n) is 10.9. The summed E-state index contributed by atoms with van der Waals surface area (Å²) < 4.78 is 18.3. The van der Waals surface area contributed by atoms with Crippen molar-refractivity contribution in [1.82, 2.24) is 5.32 Å². The van der Waals surface area contributed by atoms with E-state index < -0.39 is 0 Å². The molecule has 0 saturated carbocycles. The van der Waals surface area contributed by atoms with Gasteiger partial charge in [0.15, 0.2) is 0 Å². The number of methoxy groups -OCH3 is 1. The lowest BCUT2D eigenvalue weighted by Gasteiger charge is -2.18. The second-order valence-corrected chi connectivity index (χ2v) is 4.25. The summed E-state index contributed by atoms with van der Waals surface area (Å²) in [6.07, 6.45) is 2.01. The van der Waals surface area contributed by atoms with Crippen molar-refractivity contribution >= 4 is 0 Å². The Hall–Kier alpha value is -0.930. The zero-order chi connectivity index (χ0) is 12.7. The Morgan fingerprint density at radius 1 is 1.41 bits per heavy atom. The first-order valence-electron chi connectivity index (χ1n) is 6.17. The van der Waals surface area contributed by atoms with Crippen LogP contribution in [0.4, 0.5) is 4.39 Å². The summed E-state index contributed by atoms with van der Waals surface area (Å²) in [4.78, 5) is 0. The largest absolute Gasteiger partial charge is 0.385 e. The van der Waals surface area contributed by atoms with Gasteiger partial charge < -0.3 is 10.1 Å². The molecule has 2 nitrogen and oxygen atoms in total. The van der Waals surface area contributed by atoms with Crippen LogP contribution in [0.25, 0.3) is 0 Å². The number of benzene rings is 1. The number of hydrogen-bond acceptors (Lipinski definition) is 2. The van der Waals surface area contributed by atoms with E-state index in [-0.39, 0.29) is 11.9 Å². The summed E-state index contributed by atoms with van der Waals surface area (Å²) >= 11 is 0. The molecule has 0 saturated heterocycles. The molecular formula is C14H22FNO. The van der Waals surface area contributed by atoms with Crippen molar-refractivity contribution in [2.45, 2.75) is 32.7 Å². The van der Waals surface area contributed by atoms with Crippen LogP contribution in [-0.2, 0) is 4.74 Å². The van der Waals surface area contributed by atoms with Crippen LogP contribution in [0.2, 0.25) is 0 Å². The van der Waals surface area contributed by atoms with E-state index in [1.54, 1.807) is 20.1 Å². The van der Waals surface area contributed by atoms with Gasteiger partial charge in [-0.2, -0.15) is 0 Å². The number of aryl methyl sites for hydroxylation is 1. The smallest absolute Gasteiger partial charge is 0.126 e. The fourth-order valence-corrected chi connectivity index (χ4v) is 1.95. The van der Waals surface area contributed by atoms with Crippen molar-refractivity contribution in [3.05, 3.63) is 35.1 Å². The van der Waals surface area contributed by atoms with E-state index in [9.17, 15) is 4.39 Å². The number of hydrogen-bond donors (Lipinski definition) is 1. The van der Waals surface area contributed by atoms with Gasteiger partial charge in [0.2, 0.25) is 0 Å². The lowest BCUT2D eigenvalue weighted by Crippen LogP contribution is -2.21. The lowest BCUT2D eigenvalue weighted by atomic mass is 10.00. The van der Waals surface area contributed by atoms with Gasteiger partial charge in [0, 0.05) is 19.8 Å².